The second-order valence-corrected chi connectivity index (χ2v) is 16.3. The van der Waals surface area contributed by atoms with Gasteiger partial charge in [-0.15, -0.1) is 0 Å². The van der Waals surface area contributed by atoms with Gasteiger partial charge in [0.25, 0.3) is 0 Å². The van der Waals surface area contributed by atoms with E-state index in [4.69, 9.17) is 28.7 Å². The smallest absolute Gasteiger partial charge is 0.326 e. The third kappa shape index (κ3) is 21.7. The molecule has 0 aliphatic carbocycles. The van der Waals surface area contributed by atoms with Crippen LogP contribution < -0.4 is 60.6 Å². The van der Waals surface area contributed by atoms with Crippen LogP contribution in [0.5, 0.6) is 0 Å². The second kappa shape index (κ2) is 28.8. The number of primary amides is 3. The lowest BCUT2D eigenvalue weighted by atomic mass is 10.0. The number of nitrogens with two attached hydrogens (primary N) is 5. The Morgan fingerprint density at radius 2 is 1.07 bits per heavy atom. The first-order valence-corrected chi connectivity index (χ1v) is 21.4. The van der Waals surface area contributed by atoms with Gasteiger partial charge in [0, 0.05) is 19.4 Å². The number of likely N-dealkylation sites (tertiary alicyclic amines) is 1. The van der Waals surface area contributed by atoms with Gasteiger partial charge >= 0.3 is 17.9 Å². The van der Waals surface area contributed by atoms with Crippen molar-refractivity contribution in [1.82, 2.24) is 36.8 Å². The molecule has 1 fully saturated rings. The third-order valence-corrected chi connectivity index (χ3v) is 10.1. The van der Waals surface area contributed by atoms with Gasteiger partial charge in [0.05, 0.1) is 25.3 Å². The van der Waals surface area contributed by atoms with E-state index in [-0.39, 0.29) is 51.1 Å². The zero-order valence-electron chi connectivity index (χ0n) is 37.3. The third-order valence-electron chi connectivity index (χ3n) is 10.1. The first-order valence-electron chi connectivity index (χ1n) is 21.4. The van der Waals surface area contributed by atoms with Crippen LogP contribution in [-0.2, 0) is 62.3 Å². The Morgan fingerprint density at radius 3 is 1.58 bits per heavy atom. The van der Waals surface area contributed by atoms with Gasteiger partial charge < -0.3 is 80.8 Å². The van der Waals surface area contributed by atoms with E-state index in [1.165, 1.54) is 0 Å². The number of carbonyl (C=O) groups excluding carboxylic acids is 10. The Hall–Kier alpha value is -6.97. The van der Waals surface area contributed by atoms with Gasteiger partial charge in [-0.05, 0) is 63.8 Å². The Morgan fingerprint density at radius 1 is 0.567 bits per heavy atom. The molecule has 1 heterocycles. The zero-order valence-corrected chi connectivity index (χ0v) is 37.3. The maximum atomic E-state index is 13.9. The lowest BCUT2D eigenvalue weighted by Gasteiger charge is -2.30. The largest absolute Gasteiger partial charge is 0.481 e. The standard InChI is InChI=1S/C39H64N12O16/c1-18(2)14-23(48-32(59)19(41)15-28(43)53)35(62)46-21(8-10-27(42)52)34(61)45-20(6-3-4-12-40)33(60)49-24(17-31(57)58)36(63)47-22(9-11-30(55)56)38(65)51-13-5-7-26(51)37(64)50-25(39(66)67)16-29(44)54/h18-26H,3-17,40-41H2,1-2H3,(H2,42,52)(H2,43,53)(H2,44,54)(H,45,61)(H,46,62)(H,47,63)(H,48,59)(H,49,60)(H,50,64)(H,55,56)(H,57,58)(H,66,67)/t19-,20-,21-,22-,23-,24-,25-,26-/m0/s1. The fourth-order valence-electron chi connectivity index (χ4n) is 6.78. The number of unbranched alkanes of at least 4 members (excludes halogenated alkanes) is 1. The number of carbonyl (C=O) groups is 13. The second-order valence-electron chi connectivity index (χ2n) is 16.3. The van der Waals surface area contributed by atoms with Crippen molar-refractivity contribution in [3.05, 3.63) is 0 Å². The molecule has 376 valence electrons. The summed E-state index contributed by atoms with van der Waals surface area (Å²) < 4.78 is 0. The van der Waals surface area contributed by atoms with Gasteiger partial charge in [-0.1, -0.05) is 13.8 Å². The molecule has 0 saturated carbocycles. The highest BCUT2D eigenvalue weighted by molar-refractivity contribution is 5.99. The Bertz CT molecular complexity index is 1850. The molecule has 1 aliphatic heterocycles. The topological polar surface area (TPSA) is 488 Å². The van der Waals surface area contributed by atoms with Gasteiger partial charge in [-0.3, -0.25) is 57.5 Å². The molecule has 67 heavy (non-hydrogen) atoms. The minimum Gasteiger partial charge on any atom is -0.481 e. The summed E-state index contributed by atoms with van der Waals surface area (Å²) in [6.45, 7) is 3.44. The highest BCUT2D eigenvalue weighted by atomic mass is 16.4. The molecule has 0 aromatic carbocycles. The molecule has 0 aromatic rings. The van der Waals surface area contributed by atoms with Crippen LogP contribution in [0.15, 0.2) is 0 Å². The SMILES string of the molecule is CC(C)C[C@H](NC(=O)[C@@H](N)CC(N)=O)C(=O)N[C@@H](CCC(N)=O)C(=O)N[C@@H](CCCCN)C(=O)N[C@@H](CC(=O)O)C(=O)N[C@@H](CCC(=O)O)C(=O)N1CCC[C@H]1C(=O)N[C@@H](CC(N)=O)C(=O)O. The molecule has 0 unspecified atom stereocenters. The minimum absolute atomic E-state index is 0.00446. The number of carboxylic acids is 3. The van der Waals surface area contributed by atoms with E-state index in [9.17, 15) is 77.6 Å². The number of carboxylic acid groups (broad SMARTS) is 3. The van der Waals surface area contributed by atoms with E-state index >= 15 is 0 Å². The summed E-state index contributed by atoms with van der Waals surface area (Å²) in [4.78, 5) is 165. The van der Waals surface area contributed by atoms with E-state index in [1.807, 2.05) is 0 Å². The molecular weight excluding hydrogens is 892 g/mol. The Kier molecular flexibility index (Phi) is 25.0. The van der Waals surface area contributed by atoms with Crippen molar-refractivity contribution in [2.45, 2.75) is 146 Å². The van der Waals surface area contributed by atoms with Crippen LogP contribution in [0.25, 0.3) is 0 Å². The van der Waals surface area contributed by atoms with Gasteiger partial charge in [0.15, 0.2) is 0 Å². The average Bonchev–Trinajstić information content (AvgIpc) is 3.71. The van der Waals surface area contributed by atoms with Crippen LogP contribution in [0.4, 0.5) is 0 Å². The van der Waals surface area contributed by atoms with Crippen LogP contribution in [0.1, 0.15) is 97.3 Å². The van der Waals surface area contributed by atoms with Crippen LogP contribution in [-0.4, -0.2) is 159 Å². The Labute approximate surface area is 384 Å². The zero-order chi connectivity index (χ0) is 51.1. The number of nitrogens with zero attached hydrogens (tertiary/aromatic N) is 1. The predicted molar refractivity (Wildman–Crippen MR) is 229 cm³/mol. The van der Waals surface area contributed by atoms with Crippen molar-refractivity contribution in [2.75, 3.05) is 13.1 Å². The average molecular weight is 957 g/mol. The molecule has 0 spiro atoms. The van der Waals surface area contributed by atoms with Gasteiger partial charge in [0.2, 0.25) is 59.1 Å². The highest BCUT2D eigenvalue weighted by Crippen LogP contribution is 2.21. The van der Waals surface area contributed by atoms with Crippen molar-refractivity contribution < 1.29 is 77.6 Å². The van der Waals surface area contributed by atoms with Crippen molar-refractivity contribution >= 4 is 77.0 Å². The predicted octanol–water partition coefficient (Wildman–Crippen LogP) is -6.17. The molecular formula is C39H64N12O16. The molecule has 10 amide bonds. The number of hydrogen-bond donors (Lipinski definition) is 14. The monoisotopic (exact) mass is 956 g/mol. The van der Waals surface area contributed by atoms with Crippen LogP contribution in [0, 0.1) is 5.92 Å². The summed E-state index contributed by atoms with van der Waals surface area (Å²) in [5, 5.41) is 42.4. The first kappa shape index (κ1) is 58.0. The molecule has 0 bridgehead atoms. The normalized spacial score (nSPS) is 16.4. The highest BCUT2D eigenvalue weighted by Gasteiger charge is 2.40. The summed E-state index contributed by atoms with van der Waals surface area (Å²) in [5.74, 6) is -15.1. The fraction of sp³-hybridized carbons (Fsp3) is 0.667. The minimum atomic E-state index is -1.99. The van der Waals surface area contributed by atoms with E-state index in [0.29, 0.717) is 6.42 Å². The maximum Gasteiger partial charge on any atom is 0.326 e. The summed E-state index contributed by atoms with van der Waals surface area (Å²) in [6.07, 6.45) is -4.17. The quantitative estimate of drug-likeness (QED) is 0.0279. The lowest BCUT2D eigenvalue weighted by molar-refractivity contribution is -0.146. The van der Waals surface area contributed by atoms with Crippen LogP contribution >= 0.6 is 0 Å². The van der Waals surface area contributed by atoms with E-state index in [1.54, 1.807) is 13.8 Å². The Balaban J connectivity index is 3.47. The van der Waals surface area contributed by atoms with E-state index < -0.39 is 170 Å². The van der Waals surface area contributed by atoms with Crippen LogP contribution in [0.3, 0.4) is 0 Å². The summed E-state index contributed by atoms with van der Waals surface area (Å²) in [5.41, 5.74) is 26.9. The maximum absolute atomic E-state index is 13.9. The van der Waals surface area contributed by atoms with Crippen molar-refractivity contribution in [3.8, 4) is 0 Å². The summed E-state index contributed by atoms with van der Waals surface area (Å²) >= 11 is 0. The van der Waals surface area contributed by atoms with E-state index in [2.05, 4.69) is 31.9 Å². The number of hydrogen-bond acceptors (Lipinski definition) is 15. The van der Waals surface area contributed by atoms with Crippen molar-refractivity contribution in [3.63, 3.8) is 0 Å². The molecule has 1 aliphatic rings. The molecule has 28 heteroatoms. The van der Waals surface area contributed by atoms with Crippen molar-refractivity contribution in [2.24, 2.45) is 34.6 Å². The van der Waals surface area contributed by atoms with Crippen molar-refractivity contribution in [1.29, 1.82) is 0 Å². The number of aliphatic carboxylic acids is 3. The van der Waals surface area contributed by atoms with Gasteiger partial charge in [0.1, 0.15) is 42.3 Å². The van der Waals surface area contributed by atoms with E-state index in [0.717, 1.165) is 4.90 Å². The van der Waals surface area contributed by atoms with Gasteiger partial charge in [-0.25, -0.2) is 4.79 Å². The fourth-order valence-corrected chi connectivity index (χ4v) is 6.78. The van der Waals surface area contributed by atoms with Gasteiger partial charge in [-0.2, -0.15) is 0 Å². The molecule has 19 N–H and O–H groups in total. The first-order chi connectivity index (χ1) is 31.3. The summed E-state index contributed by atoms with van der Waals surface area (Å²) in [7, 11) is 0. The number of nitrogens with one attached hydrogen (secondary N) is 6. The molecule has 8 atom stereocenters. The number of rotatable bonds is 32. The molecule has 0 aromatic heterocycles. The summed E-state index contributed by atoms with van der Waals surface area (Å²) in [6, 6.07) is -12.8. The number of amides is 10. The van der Waals surface area contributed by atoms with Crippen LogP contribution in [0.2, 0.25) is 0 Å². The molecule has 28 nitrogen and oxygen atoms in total. The molecule has 1 saturated heterocycles. The lowest BCUT2D eigenvalue weighted by Crippen LogP contribution is -2.60. The molecule has 0 radical (unpaired) electrons. The molecule has 1 rings (SSSR count).